The number of nitrogens with two attached hydrogens (primary N) is 1. The van der Waals surface area contributed by atoms with E-state index in [0.29, 0.717) is 16.3 Å². The zero-order valence-electron chi connectivity index (χ0n) is 8.39. The minimum atomic E-state index is -0.526. The molecule has 0 aliphatic rings. The molecule has 0 aliphatic heterocycles. The van der Waals surface area contributed by atoms with Gasteiger partial charge in [0.2, 0.25) is 0 Å². The fraction of sp³-hybridized carbons (Fsp3) is 0.200. The summed E-state index contributed by atoms with van der Waals surface area (Å²) in [6.45, 7) is 0. The molecule has 0 spiro atoms. The van der Waals surface area contributed by atoms with E-state index in [1.807, 2.05) is 6.08 Å². The summed E-state index contributed by atoms with van der Waals surface area (Å²) in [7, 11) is 0. The molecule has 0 bridgehead atoms. The summed E-state index contributed by atoms with van der Waals surface area (Å²) in [6.07, 6.45) is 4.36. The van der Waals surface area contributed by atoms with Crippen LogP contribution >= 0.6 is 24.2 Å². The lowest BCUT2D eigenvalue weighted by molar-refractivity contribution is -0.383. The first-order chi connectivity index (χ1) is 7.56. The highest BCUT2D eigenvalue weighted by Gasteiger charge is 2.13. The highest BCUT2D eigenvalue weighted by Crippen LogP contribution is 2.29. The van der Waals surface area contributed by atoms with Crippen molar-refractivity contribution in [2.45, 2.75) is 6.42 Å². The average molecular weight is 259 g/mol. The lowest BCUT2D eigenvalue weighted by Crippen LogP contribution is -1.96. The van der Waals surface area contributed by atoms with Crippen molar-refractivity contribution in [3.8, 4) is 0 Å². The van der Waals surface area contributed by atoms with Crippen LogP contribution in [0.15, 0.2) is 18.2 Å². The Morgan fingerprint density at radius 2 is 2.25 bits per heavy atom. The molecule has 0 amide bonds. The number of anilines is 1. The maximum Gasteiger partial charge on any atom is 0.292 e. The number of nitro benzene ring substituents is 1. The van der Waals surface area contributed by atoms with Crippen molar-refractivity contribution in [1.29, 1.82) is 0 Å². The van der Waals surface area contributed by atoms with Gasteiger partial charge < -0.3 is 5.73 Å². The van der Waals surface area contributed by atoms with E-state index in [1.54, 1.807) is 6.08 Å². The van der Waals surface area contributed by atoms with Gasteiger partial charge in [0.25, 0.3) is 5.69 Å². The molecule has 2 N–H and O–H groups in total. The van der Waals surface area contributed by atoms with Gasteiger partial charge in [-0.25, -0.2) is 0 Å². The van der Waals surface area contributed by atoms with Crippen LogP contribution in [-0.2, 0) is 0 Å². The number of halogens is 1. The molecule has 1 rings (SSSR count). The van der Waals surface area contributed by atoms with Crippen LogP contribution in [0.1, 0.15) is 12.0 Å². The van der Waals surface area contributed by atoms with E-state index >= 15 is 0 Å². The first kappa shape index (κ1) is 12.9. The van der Waals surface area contributed by atoms with E-state index in [2.05, 4.69) is 12.6 Å². The average Bonchev–Trinajstić information content (AvgIpc) is 2.21. The van der Waals surface area contributed by atoms with Gasteiger partial charge in [-0.1, -0.05) is 23.8 Å². The second-order valence-corrected chi connectivity index (χ2v) is 3.96. The standard InChI is InChI=1S/C10H11ClN2O2S/c11-8-6-9(12)10(13(14)15)5-7(8)3-1-2-4-16/h1,3,5-6,16H,2,4,12H2. The smallest absolute Gasteiger partial charge is 0.292 e. The summed E-state index contributed by atoms with van der Waals surface area (Å²) in [6, 6.07) is 2.76. The summed E-state index contributed by atoms with van der Waals surface area (Å²) >= 11 is 9.96. The number of rotatable bonds is 4. The number of thiol groups is 1. The topological polar surface area (TPSA) is 69.2 Å². The largest absolute Gasteiger partial charge is 0.393 e. The molecule has 6 heteroatoms. The second kappa shape index (κ2) is 5.77. The maximum absolute atomic E-state index is 10.7. The first-order valence-corrected chi connectivity index (χ1v) is 5.58. The van der Waals surface area contributed by atoms with Crippen LogP contribution in [0.2, 0.25) is 5.02 Å². The fourth-order valence-electron chi connectivity index (χ4n) is 1.16. The van der Waals surface area contributed by atoms with E-state index in [0.717, 1.165) is 6.42 Å². The summed E-state index contributed by atoms with van der Waals surface area (Å²) in [5.74, 6) is 0.713. The lowest BCUT2D eigenvalue weighted by atomic mass is 10.1. The molecular weight excluding hydrogens is 248 g/mol. The van der Waals surface area contributed by atoms with Crippen molar-refractivity contribution >= 4 is 41.7 Å². The Labute approximate surface area is 104 Å². The molecule has 0 atom stereocenters. The molecule has 0 saturated heterocycles. The Bertz CT molecular complexity index is 435. The fourth-order valence-corrected chi connectivity index (χ4v) is 1.55. The van der Waals surface area contributed by atoms with E-state index in [9.17, 15) is 10.1 Å². The van der Waals surface area contributed by atoms with Crippen LogP contribution in [0.3, 0.4) is 0 Å². The number of nitrogen functional groups attached to an aromatic ring is 1. The number of benzene rings is 1. The minimum Gasteiger partial charge on any atom is -0.393 e. The minimum absolute atomic E-state index is 0.0707. The lowest BCUT2D eigenvalue weighted by Gasteiger charge is -2.01. The number of hydrogen-bond donors (Lipinski definition) is 2. The summed E-state index contributed by atoms with van der Waals surface area (Å²) in [5.41, 5.74) is 6.01. The zero-order chi connectivity index (χ0) is 12.1. The number of nitro groups is 1. The molecule has 0 saturated carbocycles. The molecule has 16 heavy (non-hydrogen) atoms. The van der Waals surface area contributed by atoms with Crippen LogP contribution in [-0.4, -0.2) is 10.7 Å². The van der Waals surface area contributed by atoms with Gasteiger partial charge in [0.05, 0.1) is 9.95 Å². The van der Waals surface area contributed by atoms with Crippen molar-refractivity contribution in [1.82, 2.24) is 0 Å². The third-order valence-electron chi connectivity index (χ3n) is 1.94. The number of allylic oxidation sites excluding steroid dienone is 1. The third-order valence-corrected chi connectivity index (χ3v) is 2.52. The monoisotopic (exact) mass is 258 g/mol. The molecule has 0 aromatic heterocycles. The predicted molar refractivity (Wildman–Crippen MR) is 70.0 cm³/mol. The number of nitrogens with zero attached hydrogens (tertiary/aromatic N) is 1. The van der Waals surface area contributed by atoms with Gasteiger partial charge in [0.15, 0.2) is 0 Å². The molecule has 86 valence electrons. The molecule has 0 radical (unpaired) electrons. The predicted octanol–water partition coefficient (Wildman–Crippen LogP) is 3.16. The zero-order valence-corrected chi connectivity index (χ0v) is 10.0. The van der Waals surface area contributed by atoms with Crippen LogP contribution in [0.25, 0.3) is 6.08 Å². The van der Waals surface area contributed by atoms with Gasteiger partial charge in [-0.3, -0.25) is 10.1 Å². The van der Waals surface area contributed by atoms with Gasteiger partial charge in [-0.05, 0) is 23.8 Å². The van der Waals surface area contributed by atoms with Crippen molar-refractivity contribution < 1.29 is 4.92 Å². The summed E-state index contributed by atoms with van der Waals surface area (Å²) in [4.78, 5) is 10.1. The summed E-state index contributed by atoms with van der Waals surface area (Å²) in [5, 5.41) is 11.1. The highest BCUT2D eigenvalue weighted by molar-refractivity contribution is 7.80. The van der Waals surface area contributed by atoms with Crippen LogP contribution in [0, 0.1) is 10.1 Å². The van der Waals surface area contributed by atoms with E-state index < -0.39 is 4.92 Å². The van der Waals surface area contributed by atoms with E-state index in [1.165, 1.54) is 12.1 Å². The molecule has 0 aliphatic carbocycles. The van der Waals surface area contributed by atoms with Crippen LogP contribution in [0.4, 0.5) is 11.4 Å². The van der Waals surface area contributed by atoms with Gasteiger partial charge in [-0.15, -0.1) is 0 Å². The van der Waals surface area contributed by atoms with E-state index in [4.69, 9.17) is 17.3 Å². The third kappa shape index (κ3) is 3.15. The molecule has 0 fully saturated rings. The van der Waals surface area contributed by atoms with E-state index in [-0.39, 0.29) is 11.4 Å². The number of hydrogen-bond acceptors (Lipinski definition) is 4. The van der Waals surface area contributed by atoms with Gasteiger partial charge in [0.1, 0.15) is 5.69 Å². The SMILES string of the molecule is Nc1cc(Cl)c(C=CCCS)cc1[N+](=O)[O-]. The van der Waals surface area contributed by atoms with Crippen molar-refractivity contribution in [3.05, 3.63) is 38.9 Å². The van der Waals surface area contributed by atoms with Gasteiger partial charge in [0, 0.05) is 6.07 Å². The molecular formula is C10H11ClN2O2S. The quantitative estimate of drug-likeness (QED) is 0.377. The van der Waals surface area contributed by atoms with Crippen molar-refractivity contribution in [2.75, 3.05) is 11.5 Å². The highest BCUT2D eigenvalue weighted by atomic mass is 35.5. The molecule has 0 heterocycles. The van der Waals surface area contributed by atoms with Gasteiger partial charge >= 0.3 is 0 Å². The Morgan fingerprint density at radius 3 is 2.81 bits per heavy atom. The van der Waals surface area contributed by atoms with Gasteiger partial charge in [-0.2, -0.15) is 12.6 Å². The molecule has 1 aromatic rings. The van der Waals surface area contributed by atoms with Crippen molar-refractivity contribution in [3.63, 3.8) is 0 Å². The first-order valence-electron chi connectivity index (χ1n) is 4.57. The van der Waals surface area contributed by atoms with Crippen molar-refractivity contribution in [2.24, 2.45) is 0 Å². The Balaban J connectivity index is 3.09. The Hall–Kier alpha value is -1.20. The molecule has 4 nitrogen and oxygen atoms in total. The molecule has 0 unspecified atom stereocenters. The van der Waals surface area contributed by atoms with Crippen LogP contribution in [0.5, 0.6) is 0 Å². The molecule has 1 aromatic carbocycles. The Kier molecular flexibility index (Phi) is 4.64. The second-order valence-electron chi connectivity index (χ2n) is 3.10. The maximum atomic E-state index is 10.7. The van der Waals surface area contributed by atoms with Crippen LogP contribution < -0.4 is 5.73 Å². The summed E-state index contributed by atoms with van der Waals surface area (Å²) < 4.78 is 0. The normalized spacial score (nSPS) is 10.9. The Morgan fingerprint density at radius 1 is 1.56 bits per heavy atom.